The Morgan fingerprint density at radius 3 is 2.95 bits per heavy atom. The normalized spacial score (nSPS) is 10.4. The number of nitrogens with one attached hydrogen (secondary N) is 1. The van der Waals surface area contributed by atoms with Crippen LogP contribution in [0.4, 0.5) is 5.69 Å². The van der Waals surface area contributed by atoms with E-state index in [1.807, 2.05) is 13.1 Å². The highest BCUT2D eigenvalue weighted by Crippen LogP contribution is 2.18. The maximum absolute atomic E-state index is 12.0. The highest BCUT2D eigenvalue weighted by molar-refractivity contribution is 6.34. The van der Waals surface area contributed by atoms with Crippen molar-refractivity contribution in [1.29, 1.82) is 0 Å². The summed E-state index contributed by atoms with van der Waals surface area (Å²) in [6.45, 7) is 0.517. The lowest BCUT2D eigenvalue weighted by molar-refractivity contribution is 0.0954. The number of carbonyl (C=O) groups excluding carboxylic acids is 1. The van der Waals surface area contributed by atoms with E-state index in [1.165, 1.54) is 0 Å². The van der Waals surface area contributed by atoms with Crippen molar-refractivity contribution in [3.05, 3.63) is 46.7 Å². The molecule has 1 heterocycles. The van der Waals surface area contributed by atoms with Gasteiger partial charge in [0.05, 0.1) is 10.6 Å². The summed E-state index contributed by atoms with van der Waals surface area (Å²) in [5.74, 6) is -0.223. The van der Waals surface area contributed by atoms with Crippen LogP contribution in [0.25, 0.3) is 0 Å². The summed E-state index contributed by atoms with van der Waals surface area (Å²) >= 11 is 5.96. The quantitative estimate of drug-likeness (QED) is 0.835. The molecule has 19 heavy (non-hydrogen) atoms. The van der Waals surface area contributed by atoms with Crippen LogP contribution in [0.15, 0.2) is 30.5 Å². The number of hydrogen-bond acceptors (Lipinski definition) is 3. The van der Waals surface area contributed by atoms with Crippen LogP contribution >= 0.6 is 11.6 Å². The lowest BCUT2D eigenvalue weighted by atomic mass is 10.2. The first-order valence-electron chi connectivity index (χ1n) is 5.88. The summed E-state index contributed by atoms with van der Waals surface area (Å²) in [4.78, 5) is 12.0. The molecule has 1 amide bonds. The first kappa shape index (κ1) is 13.4. The van der Waals surface area contributed by atoms with Gasteiger partial charge < -0.3 is 11.1 Å². The third-order valence-electron chi connectivity index (χ3n) is 2.82. The van der Waals surface area contributed by atoms with Crippen LogP contribution in [0, 0.1) is 0 Å². The average Bonchev–Trinajstić information content (AvgIpc) is 2.78. The second-order valence-corrected chi connectivity index (χ2v) is 4.60. The van der Waals surface area contributed by atoms with E-state index in [9.17, 15) is 4.79 Å². The van der Waals surface area contributed by atoms with E-state index in [4.69, 9.17) is 17.3 Å². The van der Waals surface area contributed by atoms with Crippen molar-refractivity contribution in [3.8, 4) is 0 Å². The average molecular weight is 279 g/mol. The number of hydrogen-bond donors (Lipinski definition) is 2. The standard InChI is InChI=1S/C13H15ClN4O/c1-18-10(5-7-17-18)4-6-16-13(19)11-8-9(15)2-3-12(11)14/h2-3,5,7-8H,4,6,15H2,1H3,(H,16,19). The molecule has 0 unspecified atom stereocenters. The third-order valence-corrected chi connectivity index (χ3v) is 3.15. The van der Waals surface area contributed by atoms with Crippen LogP contribution in [0.2, 0.25) is 5.02 Å². The van der Waals surface area contributed by atoms with Crippen LogP contribution < -0.4 is 11.1 Å². The topological polar surface area (TPSA) is 72.9 Å². The van der Waals surface area contributed by atoms with Gasteiger partial charge in [-0.3, -0.25) is 9.48 Å². The van der Waals surface area contributed by atoms with Gasteiger partial charge >= 0.3 is 0 Å². The first-order valence-corrected chi connectivity index (χ1v) is 6.26. The second-order valence-electron chi connectivity index (χ2n) is 4.19. The predicted molar refractivity (Wildman–Crippen MR) is 75.1 cm³/mol. The number of aromatic nitrogens is 2. The number of benzene rings is 1. The van der Waals surface area contributed by atoms with Crippen molar-refractivity contribution >= 4 is 23.2 Å². The highest BCUT2D eigenvalue weighted by atomic mass is 35.5. The number of carbonyl (C=O) groups is 1. The van der Waals surface area contributed by atoms with Gasteiger partial charge in [-0.15, -0.1) is 0 Å². The van der Waals surface area contributed by atoms with Gasteiger partial charge in [0.2, 0.25) is 0 Å². The summed E-state index contributed by atoms with van der Waals surface area (Å²) < 4.78 is 1.78. The summed E-state index contributed by atoms with van der Waals surface area (Å²) in [7, 11) is 1.87. The van der Waals surface area contributed by atoms with Crippen LogP contribution in [-0.4, -0.2) is 22.2 Å². The number of anilines is 1. The Kier molecular flexibility index (Phi) is 4.06. The monoisotopic (exact) mass is 278 g/mol. The van der Waals surface area contributed by atoms with Gasteiger partial charge in [0.25, 0.3) is 5.91 Å². The SMILES string of the molecule is Cn1nccc1CCNC(=O)c1cc(N)ccc1Cl. The van der Waals surface area contributed by atoms with E-state index in [1.54, 1.807) is 29.1 Å². The molecule has 6 heteroatoms. The minimum absolute atomic E-state index is 0.223. The summed E-state index contributed by atoms with van der Waals surface area (Å²) in [6, 6.07) is 6.77. The summed E-state index contributed by atoms with van der Waals surface area (Å²) in [5, 5.41) is 7.27. The lowest BCUT2D eigenvalue weighted by Crippen LogP contribution is -2.26. The molecule has 5 nitrogen and oxygen atoms in total. The Bertz CT molecular complexity index is 594. The fourth-order valence-electron chi connectivity index (χ4n) is 1.76. The smallest absolute Gasteiger partial charge is 0.252 e. The maximum Gasteiger partial charge on any atom is 0.252 e. The zero-order chi connectivity index (χ0) is 13.8. The zero-order valence-corrected chi connectivity index (χ0v) is 11.3. The van der Waals surface area contributed by atoms with Crippen molar-refractivity contribution in [2.45, 2.75) is 6.42 Å². The molecule has 0 saturated heterocycles. The van der Waals surface area contributed by atoms with Crippen LogP contribution in [0.3, 0.4) is 0 Å². The van der Waals surface area contributed by atoms with Gasteiger partial charge in [-0.05, 0) is 24.3 Å². The highest BCUT2D eigenvalue weighted by Gasteiger charge is 2.10. The minimum atomic E-state index is -0.223. The molecule has 0 spiro atoms. The fraction of sp³-hybridized carbons (Fsp3) is 0.231. The maximum atomic E-state index is 12.0. The van der Waals surface area contributed by atoms with E-state index in [0.717, 1.165) is 5.69 Å². The molecule has 100 valence electrons. The number of rotatable bonds is 4. The Labute approximate surface area is 116 Å². The lowest BCUT2D eigenvalue weighted by Gasteiger charge is -2.07. The number of aryl methyl sites for hydroxylation is 1. The Morgan fingerprint density at radius 2 is 2.26 bits per heavy atom. The molecule has 0 atom stereocenters. The van der Waals surface area contributed by atoms with Gasteiger partial charge in [-0.2, -0.15) is 5.10 Å². The van der Waals surface area contributed by atoms with Gasteiger partial charge in [0.1, 0.15) is 0 Å². The van der Waals surface area contributed by atoms with Crippen molar-refractivity contribution in [1.82, 2.24) is 15.1 Å². The van der Waals surface area contributed by atoms with Crippen molar-refractivity contribution < 1.29 is 4.79 Å². The van der Waals surface area contributed by atoms with Gasteiger partial charge in [0, 0.05) is 37.6 Å². The van der Waals surface area contributed by atoms with Crippen LogP contribution in [0.1, 0.15) is 16.1 Å². The number of halogens is 1. The van der Waals surface area contributed by atoms with Gasteiger partial charge in [0.15, 0.2) is 0 Å². The molecule has 0 saturated carbocycles. The predicted octanol–water partition coefficient (Wildman–Crippen LogP) is 1.63. The molecular formula is C13H15ClN4O. The molecule has 0 bridgehead atoms. The summed E-state index contributed by atoms with van der Waals surface area (Å²) in [6.07, 6.45) is 2.44. The van der Waals surface area contributed by atoms with E-state index in [2.05, 4.69) is 10.4 Å². The molecule has 0 fully saturated rings. The van der Waals surface area contributed by atoms with Crippen LogP contribution in [-0.2, 0) is 13.5 Å². The number of nitrogens with two attached hydrogens (primary N) is 1. The van der Waals surface area contributed by atoms with E-state index >= 15 is 0 Å². The van der Waals surface area contributed by atoms with Crippen molar-refractivity contribution in [2.24, 2.45) is 7.05 Å². The third kappa shape index (κ3) is 3.26. The van der Waals surface area contributed by atoms with E-state index in [0.29, 0.717) is 29.2 Å². The van der Waals surface area contributed by atoms with Crippen molar-refractivity contribution in [3.63, 3.8) is 0 Å². The first-order chi connectivity index (χ1) is 9.08. The molecule has 0 aliphatic heterocycles. The zero-order valence-electron chi connectivity index (χ0n) is 10.6. The number of nitrogens with zero attached hydrogens (tertiary/aromatic N) is 2. The molecule has 3 N–H and O–H groups in total. The van der Waals surface area contributed by atoms with Gasteiger partial charge in [-0.1, -0.05) is 11.6 Å². The minimum Gasteiger partial charge on any atom is -0.399 e. The second kappa shape index (κ2) is 5.75. The number of amides is 1. The molecule has 0 aliphatic carbocycles. The molecule has 2 rings (SSSR count). The van der Waals surface area contributed by atoms with Crippen molar-refractivity contribution in [2.75, 3.05) is 12.3 Å². The molecule has 1 aromatic carbocycles. The van der Waals surface area contributed by atoms with E-state index in [-0.39, 0.29) is 5.91 Å². The number of nitrogen functional groups attached to an aromatic ring is 1. The fourth-order valence-corrected chi connectivity index (χ4v) is 1.97. The molecule has 1 aromatic heterocycles. The van der Waals surface area contributed by atoms with Crippen LogP contribution in [0.5, 0.6) is 0 Å². The van der Waals surface area contributed by atoms with E-state index < -0.39 is 0 Å². The summed E-state index contributed by atoms with van der Waals surface area (Å²) in [5.41, 5.74) is 7.61. The largest absolute Gasteiger partial charge is 0.399 e. The Hall–Kier alpha value is -2.01. The molecular weight excluding hydrogens is 264 g/mol. The molecule has 2 aromatic rings. The molecule has 0 radical (unpaired) electrons. The molecule has 0 aliphatic rings. The van der Waals surface area contributed by atoms with Gasteiger partial charge in [-0.25, -0.2) is 0 Å². The Morgan fingerprint density at radius 1 is 1.47 bits per heavy atom. The Balaban J connectivity index is 1.94.